The van der Waals surface area contributed by atoms with Crippen molar-refractivity contribution in [1.82, 2.24) is 0 Å². The lowest BCUT2D eigenvalue weighted by Gasteiger charge is -1.07. The number of hydrogen-bond donors (Lipinski definition) is 0. The molecule has 0 saturated carbocycles. The first kappa shape index (κ1) is 26.0. The first-order chi connectivity index (χ1) is 1.00. The second-order valence-corrected chi connectivity index (χ2v) is 0. The molecule has 5 heteroatoms. The van der Waals surface area contributed by atoms with E-state index in [4.69, 9.17) is 0 Å². The highest BCUT2D eigenvalue weighted by molar-refractivity contribution is 14.2. The van der Waals surface area contributed by atoms with E-state index in [1.807, 2.05) is 0 Å². The Labute approximate surface area is 58.6 Å². The fourth-order valence-electron chi connectivity index (χ4n) is 0. The van der Waals surface area contributed by atoms with Crippen molar-refractivity contribution in [3.63, 3.8) is 0 Å². The standard InChI is InChI=1S/H2IP.3H3P/c1-2;;;/h2H2;3*1H3. The first-order valence-electron chi connectivity index (χ1n) is 0.218. The van der Waals surface area contributed by atoms with Crippen molar-refractivity contribution in [2.45, 2.75) is 0 Å². The molecule has 0 aliphatic rings. The molecule has 0 aromatic carbocycles. The first-order valence-corrected chi connectivity index (χ1v) is 4.39. The Balaban J connectivity index is -0.00000000167. The molecule has 0 aliphatic heterocycles. The van der Waals surface area contributed by atoms with Crippen molar-refractivity contribution in [2.24, 2.45) is 0 Å². The highest BCUT2D eigenvalue weighted by Crippen LogP contribution is 1.87. The molecular weight excluding hydrogens is 251 g/mol. The zero-order valence-electron chi connectivity index (χ0n) is 3.08. The summed E-state index contributed by atoms with van der Waals surface area (Å²) in [4.78, 5) is 0. The van der Waals surface area contributed by atoms with E-state index in [-0.39, 0.29) is 29.7 Å². The average molecular weight is 262 g/mol. The van der Waals surface area contributed by atoms with E-state index in [1.165, 1.54) is 0 Å². The third kappa shape index (κ3) is 21.3. The minimum absolute atomic E-state index is 0. The smallest absolute Gasteiger partial charge is 0.0610 e. The van der Waals surface area contributed by atoms with Crippen LogP contribution in [0.4, 0.5) is 0 Å². The maximum absolute atomic E-state index is 2.39. The van der Waals surface area contributed by atoms with E-state index in [9.17, 15) is 0 Å². The van der Waals surface area contributed by atoms with Crippen LogP contribution in [0.5, 0.6) is 0 Å². The van der Waals surface area contributed by atoms with Gasteiger partial charge in [0.1, 0.15) is 0 Å². The summed E-state index contributed by atoms with van der Waals surface area (Å²) in [5, 5.41) is 0. The molecule has 4 unspecified atom stereocenters. The number of hydrogen-bond acceptors (Lipinski definition) is 0. The van der Waals surface area contributed by atoms with E-state index >= 15 is 0 Å². The van der Waals surface area contributed by atoms with Gasteiger partial charge >= 0.3 is 0 Å². The molecule has 0 N–H and O–H groups in total. The van der Waals surface area contributed by atoms with Crippen LogP contribution in [-0.2, 0) is 0 Å². The summed E-state index contributed by atoms with van der Waals surface area (Å²) in [7, 11) is 0. The summed E-state index contributed by atoms with van der Waals surface area (Å²) in [6, 6.07) is 0. The highest BCUT2D eigenvalue weighted by atomic mass is 127. The van der Waals surface area contributed by atoms with E-state index in [0.717, 1.165) is 0 Å². The largest absolute Gasteiger partial charge is 0.153 e. The van der Waals surface area contributed by atoms with Gasteiger partial charge in [0, 0.05) is 0 Å². The van der Waals surface area contributed by atoms with Gasteiger partial charge < -0.3 is 0 Å². The monoisotopic (exact) mass is 262 g/mol. The fraction of sp³-hybridized carbons (Fsp3) is 0. The lowest BCUT2D eigenvalue weighted by molar-refractivity contribution is 6.78. The van der Waals surface area contributed by atoms with Gasteiger partial charge in [0.25, 0.3) is 0 Å². The van der Waals surface area contributed by atoms with Crippen molar-refractivity contribution in [2.75, 3.05) is 0 Å². The van der Waals surface area contributed by atoms with Crippen molar-refractivity contribution < 1.29 is 0 Å². The molecule has 0 nitrogen and oxygen atoms in total. The second-order valence-electron chi connectivity index (χ2n) is 0. The molecule has 0 radical (unpaired) electrons. The average Bonchev–Trinajstić information content (AvgIpc) is 1.00. The molecule has 0 aromatic rings. The molecule has 0 spiro atoms. The Kier molecular flexibility index (Phi) is 166. The minimum atomic E-state index is 0. The second kappa shape index (κ2) is 31.9. The van der Waals surface area contributed by atoms with Crippen molar-refractivity contribution >= 4 is 58.6 Å². The molecule has 0 amide bonds. The maximum Gasteiger partial charge on any atom is -0.0610 e. The molecule has 0 fully saturated rings. The Hall–Kier alpha value is 2.45. The quantitative estimate of drug-likeness (QED) is 0.457. The van der Waals surface area contributed by atoms with Gasteiger partial charge in [-0.2, -0.15) is 29.7 Å². The Bertz CT molecular complexity index is 3.61. The molecule has 0 aromatic heterocycles. The molecule has 0 saturated heterocycles. The maximum atomic E-state index is 2.39. The van der Waals surface area contributed by atoms with Gasteiger partial charge in [-0.25, -0.2) is 0 Å². The predicted octanol–water partition coefficient (Wildman–Crippen LogP) is 1.39. The normalized spacial score (nSPS) is 1.20. The van der Waals surface area contributed by atoms with E-state index in [2.05, 4.69) is 28.9 Å². The third-order valence-electron chi connectivity index (χ3n) is 0. The van der Waals surface area contributed by atoms with Crippen LogP contribution in [0.15, 0.2) is 0 Å². The Morgan fingerprint density at radius 1 is 0.800 bits per heavy atom. The van der Waals surface area contributed by atoms with Crippen LogP contribution < -0.4 is 0 Å². The van der Waals surface area contributed by atoms with Crippen LogP contribution in [0.3, 0.4) is 0 Å². The number of halogens is 1. The third-order valence-corrected chi connectivity index (χ3v) is 0. The van der Waals surface area contributed by atoms with Crippen molar-refractivity contribution in [1.29, 1.82) is 0 Å². The van der Waals surface area contributed by atoms with Crippen LogP contribution in [0.2, 0.25) is 0 Å². The highest BCUT2D eigenvalue weighted by Gasteiger charge is 0.934. The topological polar surface area (TPSA) is 0 Å². The molecular formula is H11IP4. The zero-order valence-corrected chi connectivity index (χ0v) is 10.6. The summed E-state index contributed by atoms with van der Waals surface area (Å²) >= 11 is 2.07. The van der Waals surface area contributed by atoms with Gasteiger partial charge in [-0.3, -0.25) is 0 Å². The molecule has 0 bridgehead atoms. The summed E-state index contributed by atoms with van der Waals surface area (Å²) in [6.45, 7) is 2.39. The van der Waals surface area contributed by atoms with E-state index in [1.54, 1.807) is 0 Å². The fourth-order valence-corrected chi connectivity index (χ4v) is 0. The summed E-state index contributed by atoms with van der Waals surface area (Å²) < 4.78 is 0. The lowest BCUT2D eigenvalue weighted by Crippen LogP contribution is -0.127. The van der Waals surface area contributed by atoms with Crippen LogP contribution in [-0.4, -0.2) is 0 Å². The Morgan fingerprint density at radius 3 is 0.800 bits per heavy atom. The Morgan fingerprint density at radius 2 is 0.800 bits per heavy atom. The van der Waals surface area contributed by atoms with Crippen LogP contribution >= 0.6 is 58.6 Å². The molecule has 4 atom stereocenters. The van der Waals surface area contributed by atoms with Gasteiger partial charge in [0.05, 0.1) is 0 Å². The molecule has 0 rings (SSSR count). The van der Waals surface area contributed by atoms with Gasteiger partial charge in [-0.15, -0.1) is 0 Å². The van der Waals surface area contributed by atoms with E-state index < -0.39 is 0 Å². The molecule has 5 heavy (non-hydrogen) atoms. The molecule has 38 valence electrons. The molecule has 0 aliphatic carbocycles. The van der Waals surface area contributed by atoms with Crippen LogP contribution in [0.25, 0.3) is 0 Å². The van der Waals surface area contributed by atoms with Crippen molar-refractivity contribution in [3.05, 3.63) is 0 Å². The van der Waals surface area contributed by atoms with Crippen LogP contribution in [0.1, 0.15) is 0 Å². The summed E-state index contributed by atoms with van der Waals surface area (Å²) in [5.74, 6) is 0. The zero-order chi connectivity index (χ0) is 2.00. The number of rotatable bonds is 0. The van der Waals surface area contributed by atoms with Gasteiger partial charge in [-0.05, 0) is 0 Å². The molecule has 0 heterocycles. The minimum Gasteiger partial charge on any atom is -0.153 e. The predicted molar refractivity (Wildman–Crippen MR) is 57.0 cm³/mol. The van der Waals surface area contributed by atoms with E-state index in [0.29, 0.717) is 0 Å². The van der Waals surface area contributed by atoms with Crippen LogP contribution in [0, 0.1) is 0 Å². The van der Waals surface area contributed by atoms with Gasteiger partial charge in [-0.1, -0.05) is 28.9 Å². The van der Waals surface area contributed by atoms with Crippen molar-refractivity contribution in [3.8, 4) is 0 Å². The van der Waals surface area contributed by atoms with Gasteiger partial charge in [0.15, 0.2) is 0 Å². The van der Waals surface area contributed by atoms with Gasteiger partial charge in [0.2, 0.25) is 0 Å². The summed E-state index contributed by atoms with van der Waals surface area (Å²) in [6.07, 6.45) is 0. The summed E-state index contributed by atoms with van der Waals surface area (Å²) in [5.41, 5.74) is 0. The SMILES string of the molecule is P.P.P.PI. The lowest BCUT2D eigenvalue weighted by atomic mass is 31.0.